The summed E-state index contributed by atoms with van der Waals surface area (Å²) in [7, 11) is 4.03. The third-order valence-corrected chi connectivity index (χ3v) is 2.51. The molecule has 0 radical (unpaired) electrons. The number of rotatable bonds is 5. The molecule has 0 bridgehead atoms. The lowest BCUT2D eigenvalue weighted by Gasteiger charge is -2.34. The van der Waals surface area contributed by atoms with Crippen molar-refractivity contribution in [2.24, 2.45) is 0 Å². The van der Waals surface area contributed by atoms with Gasteiger partial charge in [0.2, 0.25) is 6.23 Å². The highest BCUT2D eigenvalue weighted by molar-refractivity contribution is 5.81. The van der Waals surface area contributed by atoms with Gasteiger partial charge < -0.3 is 21.9 Å². The van der Waals surface area contributed by atoms with Crippen LogP contribution in [0.15, 0.2) is 12.7 Å². The molecule has 1 aliphatic heterocycles. The molecule has 0 saturated carbocycles. The summed E-state index contributed by atoms with van der Waals surface area (Å²) in [5, 5.41) is 0. The number of hydrogen-bond acceptors (Lipinski definition) is 3. The number of likely N-dealkylation sites (N-methyl/N-ethyl adjacent to an activating group) is 1. The third kappa shape index (κ3) is 4.64. The average molecular weight is 236 g/mol. The van der Waals surface area contributed by atoms with E-state index in [1.807, 2.05) is 21.0 Å². The van der Waals surface area contributed by atoms with Crippen LogP contribution in [-0.2, 0) is 14.3 Å². The summed E-state index contributed by atoms with van der Waals surface area (Å²) in [4.78, 5) is 11.0. The van der Waals surface area contributed by atoms with Gasteiger partial charge in [-0.1, -0.05) is 6.58 Å². The molecule has 1 aliphatic rings. The standard InChI is InChI=1S/C10H18NO3.ClH/c1-5-10(12)14-8(2)11(3,4)6-9-7-13-9;/h5,8-9H,1,6-7H2,2-4H3;1H/q+1;/p-1. The van der Waals surface area contributed by atoms with Gasteiger partial charge in [0.05, 0.1) is 20.7 Å². The summed E-state index contributed by atoms with van der Waals surface area (Å²) >= 11 is 0. The van der Waals surface area contributed by atoms with Crippen LogP contribution in [0.2, 0.25) is 0 Å². The molecule has 0 aromatic rings. The SMILES string of the molecule is C=CC(=O)OC(C)[N+](C)(C)CC1CO1.[Cl-]. The number of ether oxygens (including phenoxy) is 2. The Bertz CT molecular complexity index is 239. The van der Waals surface area contributed by atoms with E-state index in [4.69, 9.17) is 9.47 Å². The fraction of sp³-hybridized carbons (Fsp3) is 0.700. The number of esters is 1. The number of quaternary nitrogens is 1. The number of carbonyl (C=O) groups excluding carboxylic acids is 1. The minimum Gasteiger partial charge on any atom is -1.00 e. The van der Waals surface area contributed by atoms with Crippen LogP contribution in [0.4, 0.5) is 0 Å². The van der Waals surface area contributed by atoms with Gasteiger partial charge in [0.25, 0.3) is 0 Å². The van der Waals surface area contributed by atoms with Gasteiger partial charge in [-0.3, -0.25) is 4.48 Å². The molecule has 0 aromatic carbocycles. The number of carbonyl (C=O) groups is 1. The van der Waals surface area contributed by atoms with Gasteiger partial charge in [0.1, 0.15) is 12.6 Å². The maximum absolute atomic E-state index is 11.0. The average Bonchev–Trinajstić information content (AvgIpc) is 2.87. The Labute approximate surface area is 96.8 Å². The maximum atomic E-state index is 11.0. The number of epoxide rings is 1. The lowest BCUT2D eigenvalue weighted by molar-refractivity contribution is -0.933. The minimum absolute atomic E-state index is 0. The van der Waals surface area contributed by atoms with Crippen LogP contribution >= 0.6 is 0 Å². The summed E-state index contributed by atoms with van der Waals surface area (Å²) < 4.78 is 10.9. The van der Waals surface area contributed by atoms with Crippen molar-refractivity contribution in [1.29, 1.82) is 0 Å². The van der Waals surface area contributed by atoms with Crippen molar-refractivity contribution in [3.63, 3.8) is 0 Å². The molecule has 5 heteroatoms. The zero-order chi connectivity index (χ0) is 10.8. The third-order valence-electron chi connectivity index (χ3n) is 2.51. The second kappa shape index (κ2) is 5.49. The van der Waals surface area contributed by atoms with Crippen molar-refractivity contribution in [2.75, 3.05) is 27.2 Å². The van der Waals surface area contributed by atoms with E-state index in [1.54, 1.807) is 0 Å². The van der Waals surface area contributed by atoms with E-state index in [1.165, 1.54) is 6.08 Å². The zero-order valence-electron chi connectivity index (χ0n) is 9.40. The highest BCUT2D eigenvalue weighted by atomic mass is 35.5. The monoisotopic (exact) mass is 235 g/mol. The molecule has 0 amide bonds. The zero-order valence-corrected chi connectivity index (χ0v) is 10.2. The van der Waals surface area contributed by atoms with Crippen LogP contribution in [0.5, 0.6) is 0 Å². The summed E-state index contributed by atoms with van der Waals surface area (Å²) in [6, 6.07) is 0. The van der Waals surface area contributed by atoms with Gasteiger partial charge in [-0.15, -0.1) is 0 Å². The van der Waals surface area contributed by atoms with Crippen molar-refractivity contribution in [2.45, 2.75) is 19.3 Å². The van der Waals surface area contributed by atoms with Crippen LogP contribution in [-0.4, -0.2) is 50.0 Å². The molecule has 2 unspecified atom stereocenters. The molecule has 2 atom stereocenters. The molecule has 1 fully saturated rings. The van der Waals surface area contributed by atoms with Crippen molar-refractivity contribution in [3.05, 3.63) is 12.7 Å². The van der Waals surface area contributed by atoms with E-state index >= 15 is 0 Å². The van der Waals surface area contributed by atoms with Crippen LogP contribution < -0.4 is 12.4 Å². The fourth-order valence-corrected chi connectivity index (χ4v) is 1.21. The highest BCUT2D eigenvalue weighted by Crippen LogP contribution is 2.17. The number of hydrogen-bond donors (Lipinski definition) is 0. The Morgan fingerprint density at radius 2 is 2.27 bits per heavy atom. The molecule has 0 aromatic heterocycles. The molecule has 1 saturated heterocycles. The van der Waals surface area contributed by atoms with Gasteiger partial charge in [-0.2, -0.15) is 0 Å². The second-order valence-corrected chi connectivity index (χ2v) is 4.16. The van der Waals surface area contributed by atoms with Crippen molar-refractivity contribution >= 4 is 5.97 Å². The molecule has 0 spiro atoms. The molecular weight excluding hydrogens is 218 g/mol. The molecule has 4 nitrogen and oxygen atoms in total. The van der Waals surface area contributed by atoms with E-state index in [0.29, 0.717) is 10.6 Å². The summed E-state index contributed by atoms with van der Waals surface area (Å²) in [5.74, 6) is -0.375. The van der Waals surface area contributed by atoms with E-state index in [0.717, 1.165) is 13.2 Å². The van der Waals surface area contributed by atoms with E-state index in [2.05, 4.69) is 6.58 Å². The molecule has 1 rings (SSSR count). The predicted molar refractivity (Wildman–Crippen MR) is 52.5 cm³/mol. The first-order valence-corrected chi connectivity index (χ1v) is 4.73. The fourth-order valence-electron chi connectivity index (χ4n) is 1.21. The van der Waals surface area contributed by atoms with Gasteiger partial charge in [0.15, 0.2) is 0 Å². The molecule has 88 valence electrons. The van der Waals surface area contributed by atoms with Crippen LogP contribution in [0, 0.1) is 0 Å². The maximum Gasteiger partial charge on any atom is 0.334 e. The Morgan fingerprint density at radius 1 is 1.73 bits per heavy atom. The smallest absolute Gasteiger partial charge is 0.334 e. The van der Waals surface area contributed by atoms with Crippen LogP contribution in [0.25, 0.3) is 0 Å². The largest absolute Gasteiger partial charge is 1.00 e. The van der Waals surface area contributed by atoms with Gasteiger partial charge >= 0.3 is 5.97 Å². The van der Waals surface area contributed by atoms with E-state index in [-0.39, 0.29) is 24.6 Å². The minimum atomic E-state index is -0.375. The molecular formula is C10H18ClNO3. The van der Waals surface area contributed by atoms with Gasteiger partial charge in [0, 0.05) is 13.0 Å². The van der Waals surface area contributed by atoms with E-state index < -0.39 is 0 Å². The number of halogens is 1. The van der Waals surface area contributed by atoms with Gasteiger partial charge in [-0.25, -0.2) is 4.79 Å². The Hall–Kier alpha value is -0.580. The summed E-state index contributed by atoms with van der Waals surface area (Å²) in [5.41, 5.74) is 0. The van der Waals surface area contributed by atoms with Gasteiger partial charge in [-0.05, 0) is 0 Å². The summed E-state index contributed by atoms with van der Waals surface area (Å²) in [6.45, 7) is 6.93. The van der Waals surface area contributed by atoms with Crippen LogP contribution in [0.3, 0.4) is 0 Å². The first-order valence-electron chi connectivity index (χ1n) is 4.73. The first kappa shape index (κ1) is 14.4. The molecule has 15 heavy (non-hydrogen) atoms. The topological polar surface area (TPSA) is 38.8 Å². The van der Waals surface area contributed by atoms with Crippen molar-refractivity contribution in [1.82, 2.24) is 0 Å². The first-order chi connectivity index (χ1) is 6.45. The van der Waals surface area contributed by atoms with E-state index in [9.17, 15) is 4.79 Å². The molecule has 0 aliphatic carbocycles. The Balaban J connectivity index is 0.00000196. The quantitative estimate of drug-likeness (QED) is 0.175. The second-order valence-electron chi connectivity index (χ2n) is 4.16. The van der Waals surface area contributed by atoms with Crippen LogP contribution in [0.1, 0.15) is 6.92 Å². The Morgan fingerprint density at radius 3 is 2.67 bits per heavy atom. The molecule has 0 N–H and O–H groups in total. The highest BCUT2D eigenvalue weighted by Gasteiger charge is 2.36. The summed E-state index contributed by atoms with van der Waals surface area (Å²) in [6.07, 6.45) is 1.34. The normalized spacial score (nSPS) is 21.1. The van der Waals surface area contributed by atoms with Crippen molar-refractivity contribution in [3.8, 4) is 0 Å². The Kier molecular flexibility index (Phi) is 5.28. The lowest BCUT2D eigenvalue weighted by Crippen LogP contribution is -3.00. The predicted octanol–water partition coefficient (Wildman–Crippen LogP) is -2.46. The molecule has 1 heterocycles. The number of nitrogens with zero attached hydrogens (tertiary/aromatic N) is 1. The van der Waals surface area contributed by atoms with Crippen molar-refractivity contribution < 1.29 is 31.2 Å². The lowest BCUT2D eigenvalue weighted by atomic mass is 10.3.